The highest BCUT2D eigenvalue weighted by Crippen LogP contribution is 2.36. The molecule has 1 aromatic carbocycles. The number of hydrogen-bond acceptors (Lipinski definition) is 5. The minimum absolute atomic E-state index is 0.474. The van der Waals surface area contributed by atoms with Crippen molar-refractivity contribution in [2.45, 2.75) is 64.2 Å². The van der Waals surface area contributed by atoms with Crippen LogP contribution in [-0.2, 0) is 6.42 Å². The number of aromatic nitrogens is 2. The monoisotopic (exact) mass is 381 g/mol. The Balaban J connectivity index is 1.53. The number of ether oxygens (including phenoxy) is 2. The zero-order chi connectivity index (χ0) is 19.8. The number of aliphatic imine (C=N–C) groups is 1. The standard InChI is InChI=1S/C23H31N3O2/c1-17-21(23(28-3)26-22(25-17)19-12-6-7-13-19)24-15-8-4-5-10-18-11-9-14-20(16-18)27-2/h9,11,14-16,19H,4-8,10,12-13H2,1-3H3. The molecule has 0 aliphatic heterocycles. The molecule has 1 aliphatic carbocycles. The molecule has 1 aliphatic rings. The molecular formula is C23H31N3O2. The molecule has 3 rings (SSSR count). The average molecular weight is 382 g/mol. The van der Waals surface area contributed by atoms with E-state index < -0.39 is 0 Å². The SMILES string of the molecule is COc1cccc(CCCCC=Nc2c(C)nc(C3CCCC3)nc2OC)c1. The number of hydrogen-bond donors (Lipinski definition) is 0. The van der Waals surface area contributed by atoms with Gasteiger partial charge in [0.05, 0.1) is 19.9 Å². The van der Waals surface area contributed by atoms with Crippen molar-refractivity contribution in [3.63, 3.8) is 0 Å². The van der Waals surface area contributed by atoms with Gasteiger partial charge in [-0.3, -0.25) is 4.99 Å². The first-order valence-electron chi connectivity index (χ1n) is 10.3. The summed E-state index contributed by atoms with van der Waals surface area (Å²) >= 11 is 0. The van der Waals surface area contributed by atoms with Gasteiger partial charge in [0.25, 0.3) is 0 Å². The lowest BCUT2D eigenvalue weighted by Gasteiger charge is -2.12. The third kappa shape index (κ3) is 5.31. The zero-order valence-corrected chi connectivity index (χ0v) is 17.3. The van der Waals surface area contributed by atoms with Gasteiger partial charge in [0.2, 0.25) is 5.88 Å². The number of methoxy groups -OCH3 is 2. The second kappa shape index (κ2) is 10.2. The summed E-state index contributed by atoms with van der Waals surface area (Å²) in [6.45, 7) is 2.00. The van der Waals surface area contributed by atoms with Crippen LogP contribution >= 0.6 is 0 Å². The van der Waals surface area contributed by atoms with Crippen LogP contribution in [0.5, 0.6) is 11.6 Å². The molecule has 0 atom stereocenters. The van der Waals surface area contributed by atoms with Crippen molar-refractivity contribution in [2.24, 2.45) is 4.99 Å². The van der Waals surface area contributed by atoms with Gasteiger partial charge in [-0.1, -0.05) is 25.0 Å². The Morgan fingerprint density at radius 2 is 1.93 bits per heavy atom. The molecule has 150 valence electrons. The van der Waals surface area contributed by atoms with Crippen LogP contribution in [0.4, 0.5) is 5.69 Å². The minimum Gasteiger partial charge on any atom is -0.497 e. The fourth-order valence-corrected chi connectivity index (χ4v) is 3.77. The molecule has 1 fully saturated rings. The van der Waals surface area contributed by atoms with Gasteiger partial charge in [-0.05, 0) is 63.1 Å². The summed E-state index contributed by atoms with van der Waals surface area (Å²) in [6, 6.07) is 8.27. The number of aryl methyl sites for hydroxylation is 2. The Kier molecular flexibility index (Phi) is 7.40. The van der Waals surface area contributed by atoms with Gasteiger partial charge >= 0.3 is 0 Å². The number of rotatable bonds is 9. The summed E-state index contributed by atoms with van der Waals surface area (Å²) in [5, 5.41) is 0. The maximum Gasteiger partial charge on any atom is 0.243 e. The molecule has 0 spiro atoms. The van der Waals surface area contributed by atoms with E-state index in [1.54, 1.807) is 14.2 Å². The average Bonchev–Trinajstić information content (AvgIpc) is 3.26. The fraction of sp³-hybridized carbons (Fsp3) is 0.522. The van der Waals surface area contributed by atoms with Crippen LogP contribution in [0.3, 0.4) is 0 Å². The maximum absolute atomic E-state index is 5.51. The van der Waals surface area contributed by atoms with Gasteiger partial charge in [-0.15, -0.1) is 0 Å². The quantitative estimate of drug-likeness (QED) is 0.420. The van der Waals surface area contributed by atoms with Crippen molar-refractivity contribution in [2.75, 3.05) is 14.2 Å². The molecule has 0 saturated heterocycles. The van der Waals surface area contributed by atoms with Gasteiger partial charge in [0.15, 0.2) is 0 Å². The lowest BCUT2D eigenvalue weighted by atomic mass is 10.1. The summed E-state index contributed by atoms with van der Waals surface area (Å²) in [5.41, 5.74) is 2.98. The van der Waals surface area contributed by atoms with E-state index >= 15 is 0 Å². The van der Waals surface area contributed by atoms with E-state index in [4.69, 9.17) is 14.5 Å². The Morgan fingerprint density at radius 1 is 1.11 bits per heavy atom. The van der Waals surface area contributed by atoms with Crippen LogP contribution in [0.2, 0.25) is 0 Å². The van der Waals surface area contributed by atoms with E-state index in [0.717, 1.165) is 48.6 Å². The minimum atomic E-state index is 0.474. The predicted molar refractivity (Wildman–Crippen MR) is 113 cm³/mol. The van der Waals surface area contributed by atoms with Crippen molar-refractivity contribution >= 4 is 11.9 Å². The van der Waals surface area contributed by atoms with Crippen LogP contribution < -0.4 is 9.47 Å². The van der Waals surface area contributed by atoms with Crippen molar-refractivity contribution in [3.05, 3.63) is 41.3 Å². The number of unbranched alkanes of at least 4 members (excludes halogenated alkanes) is 2. The summed E-state index contributed by atoms with van der Waals surface area (Å²) < 4.78 is 10.8. The van der Waals surface area contributed by atoms with E-state index in [1.807, 2.05) is 25.3 Å². The highest BCUT2D eigenvalue weighted by atomic mass is 16.5. The first-order chi connectivity index (χ1) is 13.7. The smallest absolute Gasteiger partial charge is 0.243 e. The van der Waals surface area contributed by atoms with Gasteiger partial charge in [0.1, 0.15) is 17.3 Å². The van der Waals surface area contributed by atoms with E-state index in [0.29, 0.717) is 11.8 Å². The summed E-state index contributed by atoms with van der Waals surface area (Å²) in [4.78, 5) is 14.0. The normalized spacial score (nSPS) is 14.7. The highest BCUT2D eigenvalue weighted by molar-refractivity contribution is 5.66. The first kappa shape index (κ1) is 20.3. The molecule has 5 nitrogen and oxygen atoms in total. The van der Waals surface area contributed by atoms with Crippen molar-refractivity contribution in [3.8, 4) is 11.6 Å². The Hall–Kier alpha value is -2.43. The van der Waals surface area contributed by atoms with Crippen LogP contribution in [-0.4, -0.2) is 30.4 Å². The molecule has 0 unspecified atom stereocenters. The third-order valence-corrected chi connectivity index (χ3v) is 5.36. The molecular weight excluding hydrogens is 350 g/mol. The Labute approximate surface area is 168 Å². The molecule has 2 aromatic rings. The topological polar surface area (TPSA) is 56.6 Å². The Bertz CT molecular complexity index is 798. The number of nitrogens with zero attached hydrogens (tertiary/aromatic N) is 3. The first-order valence-corrected chi connectivity index (χ1v) is 10.3. The molecule has 0 amide bonds. The molecule has 1 heterocycles. The molecule has 28 heavy (non-hydrogen) atoms. The van der Waals surface area contributed by atoms with E-state index in [-0.39, 0.29) is 0 Å². The summed E-state index contributed by atoms with van der Waals surface area (Å²) in [7, 11) is 3.36. The summed E-state index contributed by atoms with van der Waals surface area (Å²) in [5.74, 6) is 2.91. The van der Waals surface area contributed by atoms with Crippen LogP contribution in [0.25, 0.3) is 0 Å². The third-order valence-electron chi connectivity index (χ3n) is 5.36. The lowest BCUT2D eigenvalue weighted by molar-refractivity contribution is 0.394. The van der Waals surface area contributed by atoms with Crippen molar-refractivity contribution < 1.29 is 9.47 Å². The maximum atomic E-state index is 5.51. The highest BCUT2D eigenvalue weighted by Gasteiger charge is 2.22. The van der Waals surface area contributed by atoms with Gasteiger partial charge in [0, 0.05) is 12.1 Å². The van der Waals surface area contributed by atoms with E-state index in [9.17, 15) is 0 Å². The second-order valence-electron chi connectivity index (χ2n) is 7.42. The van der Waals surface area contributed by atoms with Gasteiger partial charge < -0.3 is 9.47 Å². The largest absolute Gasteiger partial charge is 0.497 e. The molecule has 0 radical (unpaired) electrons. The molecule has 0 bridgehead atoms. The summed E-state index contributed by atoms with van der Waals surface area (Å²) in [6.07, 6.45) is 11.0. The fourth-order valence-electron chi connectivity index (χ4n) is 3.77. The molecule has 1 aromatic heterocycles. The zero-order valence-electron chi connectivity index (χ0n) is 17.3. The Morgan fingerprint density at radius 3 is 2.68 bits per heavy atom. The van der Waals surface area contributed by atoms with Crippen LogP contribution in [0.15, 0.2) is 29.3 Å². The molecule has 5 heteroatoms. The van der Waals surface area contributed by atoms with Gasteiger partial charge in [-0.25, -0.2) is 4.98 Å². The second-order valence-corrected chi connectivity index (χ2v) is 7.42. The van der Waals surface area contributed by atoms with E-state index in [2.05, 4.69) is 22.1 Å². The van der Waals surface area contributed by atoms with Crippen molar-refractivity contribution in [1.29, 1.82) is 0 Å². The van der Waals surface area contributed by atoms with Crippen molar-refractivity contribution in [1.82, 2.24) is 9.97 Å². The predicted octanol–water partition coefficient (Wildman–Crippen LogP) is 5.58. The number of benzene rings is 1. The molecule has 0 N–H and O–H groups in total. The van der Waals surface area contributed by atoms with Crippen LogP contribution in [0, 0.1) is 6.92 Å². The molecule has 1 saturated carbocycles. The van der Waals surface area contributed by atoms with Crippen LogP contribution in [0.1, 0.15) is 67.9 Å². The van der Waals surface area contributed by atoms with Gasteiger partial charge in [-0.2, -0.15) is 4.98 Å². The lowest BCUT2D eigenvalue weighted by Crippen LogP contribution is -2.04. The van der Waals surface area contributed by atoms with E-state index in [1.165, 1.54) is 31.2 Å².